The molecule has 3 atom stereocenters. The molecule has 0 radical (unpaired) electrons. The summed E-state index contributed by atoms with van der Waals surface area (Å²) in [6.45, 7) is 2.91. The summed E-state index contributed by atoms with van der Waals surface area (Å²) in [5, 5.41) is 3.13. The fourth-order valence-electron chi connectivity index (χ4n) is 3.00. The monoisotopic (exact) mass is 270 g/mol. The van der Waals surface area contributed by atoms with Gasteiger partial charge in [-0.2, -0.15) is 0 Å². The third kappa shape index (κ3) is 6.39. The second-order valence-corrected chi connectivity index (χ2v) is 5.71. The molecule has 0 saturated heterocycles. The van der Waals surface area contributed by atoms with Crippen LogP contribution in [0.4, 0.5) is 0 Å². The van der Waals surface area contributed by atoms with Gasteiger partial charge in [0.2, 0.25) is 5.91 Å². The van der Waals surface area contributed by atoms with E-state index in [2.05, 4.69) is 12.2 Å². The maximum atomic E-state index is 11.9. The van der Waals surface area contributed by atoms with Crippen molar-refractivity contribution in [3.63, 3.8) is 0 Å². The lowest BCUT2D eigenvalue weighted by Gasteiger charge is -2.16. The van der Waals surface area contributed by atoms with Crippen LogP contribution in [0, 0.1) is 5.92 Å². The van der Waals surface area contributed by atoms with E-state index in [9.17, 15) is 4.79 Å². The molecule has 4 heteroatoms. The third-order valence-corrected chi connectivity index (χ3v) is 4.13. The van der Waals surface area contributed by atoms with Gasteiger partial charge in [0.25, 0.3) is 0 Å². The molecule has 1 aliphatic rings. The fourth-order valence-corrected chi connectivity index (χ4v) is 3.00. The van der Waals surface area contributed by atoms with Crippen LogP contribution in [0.2, 0.25) is 0 Å². The summed E-state index contributed by atoms with van der Waals surface area (Å²) in [5.74, 6) is 0.802. The highest BCUT2D eigenvalue weighted by Crippen LogP contribution is 2.22. The van der Waals surface area contributed by atoms with E-state index in [0.717, 1.165) is 38.6 Å². The van der Waals surface area contributed by atoms with Crippen LogP contribution in [0.3, 0.4) is 0 Å². The predicted octanol–water partition coefficient (Wildman–Crippen LogP) is 2.22. The number of rotatable bonds is 9. The van der Waals surface area contributed by atoms with Gasteiger partial charge >= 0.3 is 0 Å². The number of nitrogens with two attached hydrogens (primary N) is 1. The highest BCUT2D eigenvalue weighted by molar-refractivity contribution is 5.76. The van der Waals surface area contributed by atoms with Crippen LogP contribution in [-0.4, -0.2) is 31.7 Å². The van der Waals surface area contributed by atoms with Crippen LogP contribution >= 0.6 is 0 Å². The molecule has 0 spiro atoms. The van der Waals surface area contributed by atoms with Gasteiger partial charge in [-0.05, 0) is 44.6 Å². The molecule has 1 rings (SSSR count). The summed E-state index contributed by atoms with van der Waals surface area (Å²) in [7, 11) is 1.75. The standard InChI is InChI=1S/C15H30N2O2/c1-3-4-12(9-10-16)5-8-15(18)17-13-6-7-14(11-13)19-2/h12-14H,3-11,16H2,1-2H3,(H,17,18). The minimum Gasteiger partial charge on any atom is -0.381 e. The molecule has 0 bridgehead atoms. The Balaban J connectivity index is 2.19. The molecule has 0 aromatic heterocycles. The molecule has 19 heavy (non-hydrogen) atoms. The number of nitrogens with one attached hydrogen (secondary N) is 1. The Kier molecular flexibility index (Phi) is 8.07. The van der Waals surface area contributed by atoms with Crippen LogP contribution in [0.25, 0.3) is 0 Å². The molecule has 1 saturated carbocycles. The Hall–Kier alpha value is -0.610. The van der Waals surface area contributed by atoms with Gasteiger partial charge in [0.15, 0.2) is 0 Å². The molecule has 1 aliphatic carbocycles. The van der Waals surface area contributed by atoms with Crippen molar-refractivity contribution in [1.29, 1.82) is 0 Å². The summed E-state index contributed by atoms with van der Waals surface area (Å²) < 4.78 is 5.32. The Bertz CT molecular complexity index is 253. The van der Waals surface area contributed by atoms with Crippen molar-refractivity contribution in [1.82, 2.24) is 5.32 Å². The highest BCUT2D eigenvalue weighted by atomic mass is 16.5. The molecular formula is C15H30N2O2. The van der Waals surface area contributed by atoms with Gasteiger partial charge in [0.1, 0.15) is 0 Å². The Morgan fingerprint density at radius 1 is 1.37 bits per heavy atom. The largest absolute Gasteiger partial charge is 0.381 e. The van der Waals surface area contributed by atoms with Gasteiger partial charge in [0.05, 0.1) is 6.10 Å². The second kappa shape index (κ2) is 9.32. The zero-order valence-electron chi connectivity index (χ0n) is 12.5. The summed E-state index contributed by atoms with van der Waals surface area (Å²) >= 11 is 0. The first-order valence-electron chi connectivity index (χ1n) is 7.71. The quantitative estimate of drug-likeness (QED) is 0.675. The molecule has 3 unspecified atom stereocenters. The Labute approximate surface area is 117 Å². The smallest absolute Gasteiger partial charge is 0.220 e. The summed E-state index contributed by atoms with van der Waals surface area (Å²) in [4.78, 5) is 11.9. The number of amides is 1. The second-order valence-electron chi connectivity index (χ2n) is 5.71. The lowest BCUT2D eigenvalue weighted by molar-refractivity contribution is -0.122. The Morgan fingerprint density at radius 2 is 2.16 bits per heavy atom. The molecule has 1 amide bonds. The minimum absolute atomic E-state index is 0.194. The van der Waals surface area contributed by atoms with Crippen molar-refractivity contribution < 1.29 is 9.53 Å². The lowest BCUT2D eigenvalue weighted by Crippen LogP contribution is -2.33. The molecule has 112 valence electrons. The number of hydrogen-bond acceptors (Lipinski definition) is 3. The van der Waals surface area contributed by atoms with E-state index in [1.165, 1.54) is 12.8 Å². The van der Waals surface area contributed by atoms with E-state index in [0.29, 0.717) is 24.5 Å². The van der Waals surface area contributed by atoms with Crippen LogP contribution in [0.15, 0.2) is 0 Å². The number of carbonyl (C=O) groups excluding carboxylic acids is 1. The van der Waals surface area contributed by atoms with Crippen LogP contribution < -0.4 is 11.1 Å². The molecule has 3 N–H and O–H groups in total. The normalized spacial score (nSPS) is 24.4. The van der Waals surface area contributed by atoms with E-state index >= 15 is 0 Å². The first-order chi connectivity index (χ1) is 9.19. The molecular weight excluding hydrogens is 240 g/mol. The maximum absolute atomic E-state index is 11.9. The summed E-state index contributed by atoms with van der Waals surface area (Å²) in [6, 6.07) is 0.316. The summed E-state index contributed by atoms with van der Waals surface area (Å²) in [6.07, 6.45) is 8.40. The van der Waals surface area contributed by atoms with Crippen LogP contribution in [0.1, 0.15) is 58.3 Å². The van der Waals surface area contributed by atoms with Crippen molar-refractivity contribution >= 4 is 5.91 Å². The van der Waals surface area contributed by atoms with E-state index in [-0.39, 0.29) is 5.91 Å². The highest BCUT2D eigenvalue weighted by Gasteiger charge is 2.25. The molecule has 0 aromatic rings. The first kappa shape index (κ1) is 16.4. The number of ether oxygens (including phenoxy) is 1. The van der Waals surface area contributed by atoms with Gasteiger partial charge < -0.3 is 15.8 Å². The number of hydrogen-bond donors (Lipinski definition) is 2. The van der Waals surface area contributed by atoms with E-state index in [1.54, 1.807) is 7.11 Å². The SMILES string of the molecule is CCCC(CCN)CCC(=O)NC1CCC(OC)C1. The van der Waals surface area contributed by atoms with Gasteiger partial charge in [-0.25, -0.2) is 0 Å². The van der Waals surface area contributed by atoms with E-state index in [4.69, 9.17) is 10.5 Å². The van der Waals surface area contributed by atoms with Gasteiger partial charge in [-0.15, -0.1) is 0 Å². The van der Waals surface area contributed by atoms with Crippen molar-refractivity contribution in [2.45, 2.75) is 70.4 Å². The molecule has 0 aromatic carbocycles. The number of methoxy groups -OCH3 is 1. The lowest BCUT2D eigenvalue weighted by atomic mass is 9.94. The van der Waals surface area contributed by atoms with Crippen molar-refractivity contribution in [2.75, 3.05) is 13.7 Å². The van der Waals surface area contributed by atoms with Crippen molar-refractivity contribution in [2.24, 2.45) is 11.7 Å². The molecule has 0 aliphatic heterocycles. The van der Waals surface area contributed by atoms with Crippen LogP contribution in [0.5, 0.6) is 0 Å². The molecule has 0 heterocycles. The fraction of sp³-hybridized carbons (Fsp3) is 0.933. The number of carbonyl (C=O) groups is 1. The zero-order valence-corrected chi connectivity index (χ0v) is 12.5. The molecule has 4 nitrogen and oxygen atoms in total. The van der Waals surface area contributed by atoms with Gasteiger partial charge in [0, 0.05) is 19.6 Å². The van der Waals surface area contributed by atoms with Gasteiger partial charge in [-0.1, -0.05) is 19.8 Å². The van der Waals surface area contributed by atoms with E-state index < -0.39 is 0 Å². The average molecular weight is 270 g/mol. The zero-order chi connectivity index (χ0) is 14.1. The van der Waals surface area contributed by atoms with E-state index in [1.807, 2.05) is 0 Å². The van der Waals surface area contributed by atoms with Crippen LogP contribution in [-0.2, 0) is 9.53 Å². The van der Waals surface area contributed by atoms with Gasteiger partial charge in [-0.3, -0.25) is 4.79 Å². The predicted molar refractivity (Wildman–Crippen MR) is 77.9 cm³/mol. The summed E-state index contributed by atoms with van der Waals surface area (Å²) in [5.41, 5.74) is 5.61. The maximum Gasteiger partial charge on any atom is 0.220 e. The van der Waals surface area contributed by atoms with Crippen molar-refractivity contribution in [3.05, 3.63) is 0 Å². The molecule has 1 fully saturated rings. The average Bonchev–Trinajstić information content (AvgIpc) is 2.84. The van der Waals surface area contributed by atoms with Crippen molar-refractivity contribution in [3.8, 4) is 0 Å². The Morgan fingerprint density at radius 3 is 2.74 bits per heavy atom. The minimum atomic E-state index is 0.194. The third-order valence-electron chi connectivity index (χ3n) is 4.13. The topological polar surface area (TPSA) is 64.4 Å². The first-order valence-corrected chi connectivity index (χ1v) is 7.71.